The van der Waals surface area contributed by atoms with E-state index in [1.165, 1.54) is 0 Å². The number of fused-ring (bicyclic) bond motifs is 1. The summed E-state index contributed by atoms with van der Waals surface area (Å²) in [4.78, 5) is 0. The summed E-state index contributed by atoms with van der Waals surface area (Å²) in [6.45, 7) is 8.14. The highest BCUT2D eigenvalue weighted by atomic mass is 28.4. The van der Waals surface area contributed by atoms with Gasteiger partial charge < -0.3 is 22.1 Å². The van der Waals surface area contributed by atoms with Crippen LogP contribution in [0.15, 0.2) is 18.2 Å². The third kappa shape index (κ3) is 3.30. The van der Waals surface area contributed by atoms with Gasteiger partial charge in [-0.15, -0.1) is 0 Å². The summed E-state index contributed by atoms with van der Waals surface area (Å²) < 4.78 is 28.8. The first-order valence-corrected chi connectivity index (χ1v) is 9.89. The minimum absolute atomic E-state index is 0.559. The van der Waals surface area contributed by atoms with E-state index >= 15 is 0 Å². The molecule has 0 N–H and O–H groups in total. The molecule has 0 unspecified atom stereocenters. The van der Waals surface area contributed by atoms with Crippen LogP contribution in [0.5, 0.6) is 5.75 Å². The molecule has 5 nitrogen and oxygen atoms in total. The van der Waals surface area contributed by atoms with Crippen LogP contribution in [0.4, 0.5) is 0 Å². The topological polar surface area (TPSA) is 46.2 Å². The second-order valence-electron chi connectivity index (χ2n) is 4.29. The van der Waals surface area contributed by atoms with Crippen molar-refractivity contribution in [3.05, 3.63) is 23.8 Å². The van der Waals surface area contributed by atoms with Crippen molar-refractivity contribution in [2.75, 3.05) is 19.8 Å². The van der Waals surface area contributed by atoms with Crippen LogP contribution in [0.3, 0.4) is 0 Å². The van der Waals surface area contributed by atoms with Gasteiger partial charge >= 0.3 is 18.8 Å². The molecule has 0 atom stereocenters. The van der Waals surface area contributed by atoms with E-state index in [2.05, 4.69) is 0 Å². The normalized spacial score (nSPS) is 15.9. The molecule has 0 fully saturated rings. The fourth-order valence-electron chi connectivity index (χ4n) is 2.23. The van der Waals surface area contributed by atoms with E-state index in [0.29, 0.717) is 26.4 Å². The molecule has 0 radical (unpaired) electrons. The van der Waals surface area contributed by atoms with E-state index in [1.807, 2.05) is 39.0 Å². The van der Waals surface area contributed by atoms with Gasteiger partial charge in [0.05, 0.1) is 6.61 Å². The molecule has 1 heterocycles. The standard InChI is InChI=1S/C13H22O5Si2/c1-4-15-20(16-5-2,17-6-3)12-7-8-13-11(9-12)10-14-19-18-13/h7-9H,4-6,10,19H2,1-3H3. The Hall–Kier alpha value is -0.706. The molecule has 20 heavy (non-hydrogen) atoms. The predicted octanol–water partition coefficient (Wildman–Crippen LogP) is 0.850. The van der Waals surface area contributed by atoms with Crippen molar-refractivity contribution in [1.29, 1.82) is 0 Å². The molecule has 0 saturated heterocycles. The number of benzene rings is 1. The highest BCUT2D eigenvalue weighted by Crippen LogP contribution is 2.23. The van der Waals surface area contributed by atoms with Crippen LogP contribution < -0.4 is 9.61 Å². The first-order chi connectivity index (χ1) is 9.75. The Bertz CT molecular complexity index is 424. The molecule has 2 rings (SSSR count). The average Bonchev–Trinajstić information content (AvgIpc) is 2.47. The lowest BCUT2D eigenvalue weighted by atomic mass is 10.2. The van der Waals surface area contributed by atoms with Gasteiger partial charge in [0.2, 0.25) is 0 Å². The summed E-state index contributed by atoms with van der Waals surface area (Å²) in [5.74, 6) is 0.916. The zero-order valence-electron chi connectivity index (χ0n) is 12.3. The molecule has 0 aliphatic carbocycles. The molecule has 112 valence electrons. The Morgan fingerprint density at radius 3 is 2.35 bits per heavy atom. The molecule has 1 aromatic rings. The van der Waals surface area contributed by atoms with Crippen LogP contribution in [0, 0.1) is 0 Å². The average molecular weight is 314 g/mol. The number of hydrogen-bond donors (Lipinski definition) is 0. The van der Waals surface area contributed by atoms with Gasteiger partial charge in [0.1, 0.15) is 5.75 Å². The molecule has 7 heteroatoms. The maximum Gasteiger partial charge on any atom is 0.537 e. The monoisotopic (exact) mass is 314 g/mol. The second kappa shape index (κ2) is 7.34. The predicted molar refractivity (Wildman–Crippen MR) is 80.7 cm³/mol. The SMILES string of the molecule is CCO[Si](OCC)(OCC)c1ccc2c(c1)CO[SiH2]O2. The summed E-state index contributed by atoms with van der Waals surface area (Å²) in [5, 5.41) is 0.970. The van der Waals surface area contributed by atoms with Gasteiger partial charge in [-0.3, -0.25) is 0 Å². The summed E-state index contributed by atoms with van der Waals surface area (Å²) >= 11 is 0. The molecule has 0 aromatic heterocycles. The maximum atomic E-state index is 5.91. The quantitative estimate of drug-likeness (QED) is 0.698. The fraction of sp³-hybridized carbons (Fsp3) is 0.538. The maximum absolute atomic E-state index is 5.91. The van der Waals surface area contributed by atoms with Gasteiger partial charge in [-0.05, 0) is 32.9 Å². The minimum atomic E-state index is -2.83. The number of hydrogen-bond acceptors (Lipinski definition) is 5. The van der Waals surface area contributed by atoms with Crippen molar-refractivity contribution < 1.29 is 22.1 Å². The van der Waals surface area contributed by atoms with Gasteiger partial charge in [-0.1, -0.05) is 6.07 Å². The molecule has 0 saturated carbocycles. The van der Waals surface area contributed by atoms with Crippen LogP contribution in [0.25, 0.3) is 0 Å². The Balaban J connectivity index is 2.36. The van der Waals surface area contributed by atoms with Crippen LogP contribution >= 0.6 is 0 Å². The van der Waals surface area contributed by atoms with Crippen molar-refractivity contribution in [2.24, 2.45) is 0 Å². The van der Waals surface area contributed by atoms with Crippen molar-refractivity contribution in [3.8, 4) is 5.75 Å². The smallest absolute Gasteiger partial charge is 0.524 e. The Morgan fingerprint density at radius 2 is 1.75 bits per heavy atom. The Kier molecular flexibility index (Phi) is 5.76. The third-order valence-electron chi connectivity index (χ3n) is 2.97. The lowest BCUT2D eigenvalue weighted by molar-refractivity contribution is 0.0858. The Labute approximate surface area is 123 Å². The highest BCUT2D eigenvalue weighted by Gasteiger charge is 2.43. The van der Waals surface area contributed by atoms with Crippen molar-refractivity contribution in [2.45, 2.75) is 27.4 Å². The third-order valence-corrected chi connectivity index (χ3v) is 6.80. The van der Waals surface area contributed by atoms with Crippen molar-refractivity contribution in [3.63, 3.8) is 0 Å². The van der Waals surface area contributed by atoms with E-state index in [0.717, 1.165) is 16.5 Å². The molecule has 0 bridgehead atoms. The van der Waals surface area contributed by atoms with E-state index in [-0.39, 0.29) is 0 Å². The van der Waals surface area contributed by atoms with E-state index in [1.54, 1.807) is 0 Å². The van der Waals surface area contributed by atoms with E-state index in [4.69, 9.17) is 22.1 Å². The van der Waals surface area contributed by atoms with Crippen molar-refractivity contribution in [1.82, 2.24) is 0 Å². The zero-order valence-corrected chi connectivity index (χ0v) is 14.7. The first kappa shape index (κ1) is 15.7. The zero-order chi connectivity index (χ0) is 14.4. The largest absolute Gasteiger partial charge is 0.537 e. The van der Waals surface area contributed by atoms with E-state index < -0.39 is 18.8 Å². The molecule has 1 aliphatic heterocycles. The van der Waals surface area contributed by atoms with Gasteiger partial charge in [0.15, 0.2) is 0 Å². The lowest BCUT2D eigenvalue weighted by Crippen LogP contribution is -2.57. The molecule has 1 aliphatic rings. The summed E-state index contributed by atoms with van der Waals surface area (Å²) in [5.41, 5.74) is 1.04. The summed E-state index contributed by atoms with van der Waals surface area (Å²) in [6.07, 6.45) is 0. The molecule has 0 amide bonds. The first-order valence-electron chi connectivity index (χ1n) is 7.01. The number of rotatable bonds is 7. The second-order valence-corrected chi connectivity index (χ2v) is 7.78. The van der Waals surface area contributed by atoms with Gasteiger partial charge in [-0.25, -0.2) is 0 Å². The summed E-state index contributed by atoms with van der Waals surface area (Å²) in [6, 6.07) is 6.00. The molecular formula is C13H22O5Si2. The van der Waals surface area contributed by atoms with Crippen LogP contribution in [0.2, 0.25) is 0 Å². The Morgan fingerprint density at radius 1 is 1.10 bits per heavy atom. The highest BCUT2D eigenvalue weighted by molar-refractivity contribution is 6.75. The molecule has 1 aromatic carbocycles. The van der Waals surface area contributed by atoms with E-state index in [9.17, 15) is 0 Å². The van der Waals surface area contributed by atoms with Gasteiger partial charge in [0.25, 0.3) is 0 Å². The van der Waals surface area contributed by atoms with Gasteiger partial charge in [-0.2, -0.15) is 0 Å². The van der Waals surface area contributed by atoms with Crippen LogP contribution in [0.1, 0.15) is 26.3 Å². The van der Waals surface area contributed by atoms with Crippen molar-refractivity contribution >= 4 is 24.0 Å². The molecule has 0 spiro atoms. The lowest BCUT2D eigenvalue weighted by Gasteiger charge is -2.29. The fourth-order valence-corrected chi connectivity index (χ4v) is 5.55. The van der Waals surface area contributed by atoms with Crippen LogP contribution in [-0.4, -0.2) is 38.6 Å². The van der Waals surface area contributed by atoms with Crippen LogP contribution in [-0.2, 0) is 24.3 Å². The van der Waals surface area contributed by atoms with Gasteiger partial charge in [0, 0.05) is 30.6 Å². The summed E-state index contributed by atoms with van der Waals surface area (Å²) in [7, 11) is -3.69. The molecular weight excluding hydrogens is 292 g/mol. The minimum Gasteiger partial charge on any atom is -0.524 e.